The number of rotatable bonds is 24. The molecule has 0 aliphatic heterocycles. The highest BCUT2D eigenvalue weighted by Gasteiger charge is 2.37. The Labute approximate surface area is 233 Å². The Bertz CT molecular complexity index is 708. The second-order valence-corrected chi connectivity index (χ2v) is 10.9. The largest absolute Gasteiger partial charge is 0.469 e. The highest BCUT2D eigenvalue weighted by molar-refractivity contribution is 5.95. The zero-order chi connectivity index (χ0) is 27.8. The van der Waals surface area contributed by atoms with Crippen LogP contribution in [-0.2, 0) is 23.9 Å². The summed E-state index contributed by atoms with van der Waals surface area (Å²) < 4.78 is 10.2. The molecular weight excluding hydrogens is 476 g/mol. The number of Topliss-reactive ketones (excluding diaryl/α,β-unsaturated/α-hetero) is 1. The number of methoxy groups -OCH3 is 1. The maximum atomic E-state index is 12.9. The summed E-state index contributed by atoms with van der Waals surface area (Å²) in [4.78, 5) is 37.0. The Morgan fingerprint density at radius 3 is 1.76 bits per heavy atom. The summed E-state index contributed by atoms with van der Waals surface area (Å²) >= 11 is 0. The Morgan fingerprint density at radius 1 is 0.737 bits per heavy atom. The van der Waals surface area contributed by atoms with Crippen molar-refractivity contribution in [2.45, 2.75) is 142 Å². The standard InChI is InChI=1S/C33H56O5/c1-4-6-8-9-10-11-12-13-14-15-16-17-18-19-20-22-24-38-32(35)26-29-25-28(23-21-7-5-2)30(33(29)36)27-31(34)37-3/h7,21,25,29-30H,4-6,8-20,22-24,26-27H2,1-3H3. The average Bonchev–Trinajstić information content (AvgIpc) is 3.19. The lowest BCUT2D eigenvalue weighted by Crippen LogP contribution is -2.23. The maximum absolute atomic E-state index is 12.9. The van der Waals surface area contributed by atoms with Crippen LogP contribution >= 0.6 is 0 Å². The van der Waals surface area contributed by atoms with Gasteiger partial charge in [-0.05, 0) is 19.3 Å². The van der Waals surface area contributed by atoms with Crippen LogP contribution in [0, 0.1) is 11.8 Å². The fourth-order valence-electron chi connectivity index (χ4n) is 5.21. The lowest BCUT2D eigenvalue weighted by molar-refractivity contribution is -0.146. The molecule has 0 spiro atoms. The minimum Gasteiger partial charge on any atom is -0.469 e. The van der Waals surface area contributed by atoms with Crippen molar-refractivity contribution >= 4 is 17.7 Å². The van der Waals surface area contributed by atoms with Crippen molar-refractivity contribution in [1.82, 2.24) is 0 Å². The quantitative estimate of drug-likeness (QED) is 0.0705. The van der Waals surface area contributed by atoms with Crippen molar-refractivity contribution in [3.63, 3.8) is 0 Å². The van der Waals surface area contributed by atoms with Crippen molar-refractivity contribution in [3.05, 3.63) is 23.8 Å². The molecule has 2 atom stereocenters. The number of hydrogen-bond acceptors (Lipinski definition) is 5. The molecule has 1 aliphatic carbocycles. The molecule has 1 rings (SSSR count). The molecule has 38 heavy (non-hydrogen) atoms. The SMILES string of the molecule is CCC=CCC1=CC(CC(=O)OCCCCCCCCCCCCCCCCCC)C(=O)C1CC(=O)OC. The summed E-state index contributed by atoms with van der Waals surface area (Å²) in [5.41, 5.74) is 0.903. The predicted octanol–water partition coefficient (Wildman–Crippen LogP) is 8.84. The van der Waals surface area contributed by atoms with Gasteiger partial charge < -0.3 is 9.47 Å². The number of ether oxygens (including phenoxy) is 2. The normalized spacial score (nSPS) is 17.2. The molecule has 218 valence electrons. The van der Waals surface area contributed by atoms with Crippen LogP contribution in [0.15, 0.2) is 23.8 Å². The van der Waals surface area contributed by atoms with Crippen molar-refractivity contribution in [2.24, 2.45) is 11.8 Å². The van der Waals surface area contributed by atoms with E-state index in [1.807, 2.05) is 18.2 Å². The molecule has 0 aromatic rings. The van der Waals surface area contributed by atoms with Gasteiger partial charge in [-0.2, -0.15) is 0 Å². The molecule has 5 nitrogen and oxygen atoms in total. The summed E-state index contributed by atoms with van der Waals surface area (Å²) in [6.07, 6.45) is 28.5. The van der Waals surface area contributed by atoms with E-state index in [2.05, 4.69) is 13.8 Å². The van der Waals surface area contributed by atoms with Crippen LogP contribution in [0.3, 0.4) is 0 Å². The van der Waals surface area contributed by atoms with E-state index < -0.39 is 17.8 Å². The molecule has 0 fully saturated rings. The monoisotopic (exact) mass is 532 g/mol. The Kier molecular flexibility index (Phi) is 20.7. The van der Waals surface area contributed by atoms with Crippen LogP contribution in [0.5, 0.6) is 0 Å². The number of carbonyl (C=O) groups is 3. The third-order valence-corrected chi connectivity index (χ3v) is 7.57. The summed E-state index contributed by atoms with van der Waals surface area (Å²) in [5, 5.41) is 0. The zero-order valence-electron chi connectivity index (χ0n) is 24.8. The van der Waals surface area contributed by atoms with Gasteiger partial charge in [0, 0.05) is 5.92 Å². The van der Waals surface area contributed by atoms with E-state index in [9.17, 15) is 14.4 Å². The van der Waals surface area contributed by atoms with Crippen LogP contribution in [0.4, 0.5) is 0 Å². The van der Waals surface area contributed by atoms with Crippen molar-refractivity contribution in [2.75, 3.05) is 13.7 Å². The van der Waals surface area contributed by atoms with Gasteiger partial charge in [-0.15, -0.1) is 0 Å². The first-order valence-corrected chi connectivity index (χ1v) is 15.6. The van der Waals surface area contributed by atoms with Crippen LogP contribution in [0.25, 0.3) is 0 Å². The fraction of sp³-hybridized carbons (Fsp3) is 0.788. The van der Waals surface area contributed by atoms with Crippen LogP contribution in [0.1, 0.15) is 142 Å². The van der Waals surface area contributed by atoms with Crippen molar-refractivity contribution in [3.8, 4) is 0 Å². The van der Waals surface area contributed by atoms with E-state index in [1.54, 1.807) is 0 Å². The average molecular weight is 533 g/mol. The number of esters is 2. The zero-order valence-corrected chi connectivity index (χ0v) is 24.8. The first-order valence-electron chi connectivity index (χ1n) is 15.6. The van der Waals surface area contributed by atoms with Crippen LogP contribution < -0.4 is 0 Å². The Hall–Kier alpha value is -1.91. The lowest BCUT2D eigenvalue weighted by atomic mass is 9.92. The topological polar surface area (TPSA) is 69.7 Å². The van der Waals surface area contributed by atoms with Gasteiger partial charge in [-0.1, -0.05) is 134 Å². The molecule has 0 radical (unpaired) electrons. The summed E-state index contributed by atoms with van der Waals surface area (Å²) in [6.45, 7) is 4.74. The van der Waals surface area contributed by atoms with Crippen LogP contribution in [0.2, 0.25) is 0 Å². The molecule has 5 heteroatoms. The molecule has 0 N–H and O–H groups in total. The van der Waals surface area contributed by atoms with Crippen LogP contribution in [-0.4, -0.2) is 31.4 Å². The van der Waals surface area contributed by atoms with Gasteiger partial charge in [0.05, 0.1) is 32.5 Å². The molecule has 0 saturated heterocycles. The third kappa shape index (κ3) is 16.1. The van der Waals surface area contributed by atoms with Gasteiger partial charge in [0.25, 0.3) is 0 Å². The maximum Gasteiger partial charge on any atom is 0.306 e. The van der Waals surface area contributed by atoms with Gasteiger partial charge in [0.15, 0.2) is 0 Å². The molecule has 2 unspecified atom stereocenters. The summed E-state index contributed by atoms with van der Waals surface area (Å²) in [7, 11) is 1.33. The van der Waals surface area contributed by atoms with E-state index in [4.69, 9.17) is 9.47 Å². The highest BCUT2D eigenvalue weighted by atomic mass is 16.5. The number of unbranched alkanes of at least 4 members (excludes halogenated alkanes) is 15. The predicted molar refractivity (Wildman–Crippen MR) is 156 cm³/mol. The van der Waals surface area contributed by atoms with Gasteiger partial charge in [-0.25, -0.2) is 0 Å². The van der Waals surface area contributed by atoms with Crippen molar-refractivity contribution in [1.29, 1.82) is 0 Å². The first-order chi connectivity index (χ1) is 18.5. The molecule has 0 heterocycles. The summed E-state index contributed by atoms with van der Waals surface area (Å²) in [6, 6.07) is 0. The van der Waals surface area contributed by atoms with E-state index in [1.165, 1.54) is 97.0 Å². The molecule has 0 bridgehead atoms. The number of hydrogen-bond donors (Lipinski definition) is 0. The minimum atomic E-state index is -0.507. The van der Waals surface area contributed by atoms with Gasteiger partial charge >= 0.3 is 11.9 Å². The first kappa shape index (κ1) is 34.1. The Morgan fingerprint density at radius 2 is 1.26 bits per heavy atom. The smallest absolute Gasteiger partial charge is 0.306 e. The molecule has 0 saturated carbocycles. The molecule has 0 aromatic carbocycles. The Balaban J connectivity index is 2.09. The molecule has 1 aliphatic rings. The fourth-order valence-corrected chi connectivity index (χ4v) is 5.21. The van der Waals surface area contributed by atoms with Gasteiger partial charge in [0.2, 0.25) is 0 Å². The highest BCUT2D eigenvalue weighted by Crippen LogP contribution is 2.34. The van der Waals surface area contributed by atoms with Crippen molar-refractivity contribution < 1.29 is 23.9 Å². The van der Waals surface area contributed by atoms with E-state index in [0.29, 0.717) is 13.0 Å². The minimum absolute atomic E-state index is 0.0336. The van der Waals surface area contributed by atoms with Gasteiger partial charge in [0.1, 0.15) is 5.78 Å². The van der Waals surface area contributed by atoms with E-state index >= 15 is 0 Å². The number of carbonyl (C=O) groups excluding carboxylic acids is 3. The van der Waals surface area contributed by atoms with E-state index in [-0.39, 0.29) is 24.6 Å². The molecular formula is C33H56O5. The second-order valence-electron chi connectivity index (χ2n) is 10.9. The third-order valence-electron chi connectivity index (χ3n) is 7.57. The summed E-state index contributed by atoms with van der Waals surface area (Å²) in [5.74, 6) is -1.81. The number of allylic oxidation sites excluding steroid dienone is 4. The molecule has 0 aromatic heterocycles. The second kappa shape index (κ2) is 23.0. The number of ketones is 1. The molecule has 0 amide bonds. The lowest BCUT2D eigenvalue weighted by Gasteiger charge is -2.13. The van der Waals surface area contributed by atoms with Gasteiger partial charge in [-0.3, -0.25) is 14.4 Å². The van der Waals surface area contributed by atoms with E-state index in [0.717, 1.165) is 24.8 Å².